The Labute approximate surface area is 149 Å². The molecule has 0 aliphatic carbocycles. The number of carbonyl (C=O) groups is 1. The summed E-state index contributed by atoms with van der Waals surface area (Å²) < 4.78 is 5.00. The van der Waals surface area contributed by atoms with Gasteiger partial charge in [0, 0.05) is 37.2 Å². The Hall–Kier alpha value is -2.38. The van der Waals surface area contributed by atoms with E-state index in [0.717, 1.165) is 10.6 Å². The van der Waals surface area contributed by atoms with E-state index in [1.54, 1.807) is 4.90 Å². The molecule has 0 radical (unpaired) electrons. The summed E-state index contributed by atoms with van der Waals surface area (Å²) in [5, 5.41) is 11.4. The number of amides is 1. The first-order chi connectivity index (χ1) is 12.0. The van der Waals surface area contributed by atoms with E-state index in [9.17, 15) is 14.9 Å². The lowest BCUT2D eigenvalue weighted by Crippen LogP contribution is -2.49. The molecule has 1 fully saturated rings. The normalized spacial score (nSPS) is 16.6. The second kappa shape index (κ2) is 7.25. The number of carbonyl (C=O) groups excluding carboxylic acids is 1. The van der Waals surface area contributed by atoms with Crippen LogP contribution in [0.5, 0.6) is 0 Å². The number of nitrogens with zero attached hydrogens (tertiary/aromatic N) is 3. The predicted octanol–water partition coefficient (Wildman–Crippen LogP) is 3.36. The van der Waals surface area contributed by atoms with E-state index in [2.05, 4.69) is 11.8 Å². The van der Waals surface area contributed by atoms with Gasteiger partial charge in [-0.2, -0.15) is 0 Å². The zero-order valence-electron chi connectivity index (χ0n) is 13.7. The van der Waals surface area contributed by atoms with E-state index in [-0.39, 0.29) is 17.7 Å². The van der Waals surface area contributed by atoms with Crippen molar-refractivity contribution in [1.82, 2.24) is 9.80 Å². The van der Waals surface area contributed by atoms with E-state index in [1.165, 1.54) is 12.1 Å². The van der Waals surface area contributed by atoms with E-state index >= 15 is 0 Å². The maximum absolute atomic E-state index is 12.4. The molecule has 1 saturated heterocycles. The number of halogens is 1. The molecule has 132 valence electrons. The Bertz CT molecular complexity index is 784. The molecule has 1 aromatic carbocycles. The largest absolute Gasteiger partial charge is 0.433 e. The van der Waals surface area contributed by atoms with Crippen molar-refractivity contribution in [2.75, 3.05) is 26.2 Å². The molecule has 1 aliphatic heterocycles. The maximum Gasteiger partial charge on any atom is 0.433 e. The summed E-state index contributed by atoms with van der Waals surface area (Å²) in [6, 6.07) is 10.4. The lowest BCUT2D eigenvalue weighted by atomic mass is 10.1. The van der Waals surface area contributed by atoms with Crippen LogP contribution in [0.4, 0.5) is 5.88 Å². The average molecular weight is 364 g/mol. The number of hydrogen-bond donors (Lipinski definition) is 0. The number of furan rings is 1. The first-order valence-electron chi connectivity index (χ1n) is 7.99. The van der Waals surface area contributed by atoms with Gasteiger partial charge in [-0.15, -0.1) is 0 Å². The number of rotatable bonds is 4. The summed E-state index contributed by atoms with van der Waals surface area (Å²) in [4.78, 5) is 26.3. The van der Waals surface area contributed by atoms with Crippen LogP contribution in [0.3, 0.4) is 0 Å². The van der Waals surface area contributed by atoms with Crippen molar-refractivity contribution in [3.05, 3.63) is 62.9 Å². The summed E-state index contributed by atoms with van der Waals surface area (Å²) >= 11 is 6.27. The van der Waals surface area contributed by atoms with Gasteiger partial charge in [0.15, 0.2) is 5.76 Å². The molecule has 25 heavy (non-hydrogen) atoms. The zero-order chi connectivity index (χ0) is 18.0. The molecule has 0 bridgehead atoms. The number of hydrogen-bond acceptors (Lipinski definition) is 5. The molecule has 3 rings (SSSR count). The minimum atomic E-state index is -0.653. The van der Waals surface area contributed by atoms with Crippen LogP contribution in [0.2, 0.25) is 5.02 Å². The molecule has 2 heterocycles. The molecular formula is C17H18ClN3O4. The molecule has 0 N–H and O–H groups in total. The molecule has 8 heteroatoms. The third-order valence-corrected chi connectivity index (χ3v) is 4.83. The van der Waals surface area contributed by atoms with E-state index in [0.29, 0.717) is 26.2 Å². The smallest absolute Gasteiger partial charge is 0.395 e. The van der Waals surface area contributed by atoms with Crippen LogP contribution in [-0.2, 0) is 0 Å². The standard InChI is InChI=1S/C17H18ClN3O4/c1-12(13-4-2-3-5-14(13)18)19-8-10-20(11-9-19)17(22)15-6-7-16(25-15)21(23)24/h2-7,12H,8-11H2,1H3. The van der Waals surface area contributed by atoms with Crippen molar-refractivity contribution in [1.29, 1.82) is 0 Å². The second-order valence-corrected chi connectivity index (χ2v) is 6.33. The van der Waals surface area contributed by atoms with Crippen LogP contribution < -0.4 is 0 Å². The SMILES string of the molecule is CC(c1ccccc1Cl)N1CCN(C(=O)c2ccc([N+](=O)[O-])o2)CC1. The van der Waals surface area contributed by atoms with Crippen LogP contribution >= 0.6 is 11.6 Å². The van der Waals surface area contributed by atoms with Crippen LogP contribution in [0, 0.1) is 10.1 Å². The van der Waals surface area contributed by atoms with Crippen molar-refractivity contribution in [3.8, 4) is 0 Å². The van der Waals surface area contributed by atoms with E-state index < -0.39 is 10.8 Å². The van der Waals surface area contributed by atoms with Gasteiger partial charge in [-0.25, -0.2) is 0 Å². The monoisotopic (exact) mass is 363 g/mol. The number of nitro groups is 1. The molecular weight excluding hydrogens is 346 g/mol. The summed E-state index contributed by atoms with van der Waals surface area (Å²) in [5.41, 5.74) is 1.06. The minimum absolute atomic E-state index is 0.000646. The Morgan fingerprint density at radius 3 is 2.48 bits per heavy atom. The topological polar surface area (TPSA) is 79.8 Å². The third-order valence-electron chi connectivity index (χ3n) is 4.49. The molecule has 1 aliphatic rings. The van der Waals surface area contributed by atoms with Crippen LogP contribution in [0.25, 0.3) is 0 Å². The molecule has 1 aromatic heterocycles. The fourth-order valence-electron chi connectivity index (χ4n) is 3.02. The molecule has 2 aromatic rings. The molecule has 0 spiro atoms. The highest BCUT2D eigenvalue weighted by Gasteiger charge is 2.28. The van der Waals surface area contributed by atoms with Crippen molar-refractivity contribution in [2.24, 2.45) is 0 Å². The Morgan fingerprint density at radius 1 is 1.20 bits per heavy atom. The summed E-state index contributed by atoms with van der Waals surface area (Å²) in [6.07, 6.45) is 0. The summed E-state index contributed by atoms with van der Waals surface area (Å²) in [7, 11) is 0. The fraction of sp³-hybridized carbons (Fsp3) is 0.353. The van der Waals surface area contributed by atoms with Gasteiger partial charge in [0.2, 0.25) is 0 Å². The summed E-state index contributed by atoms with van der Waals surface area (Å²) in [5.74, 6) is -0.744. The second-order valence-electron chi connectivity index (χ2n) is 5.92. The van der Waals surface area contributed by atoms with Gasteiger partial charge in [0.1, 0.15) is 4.92 Å². The van der Waals surface area contributed by atoms with Crippen LogP contribution in [0.1, 0.15) is 29.1 Å². The van der Waals surface area contributed by atoms with Crippen LogP contribution in [-0.4, -0.2) is 46.8 Å². The lowest BCUT2D eigenvalue weighted by Gasteiger charge is -2.38. The Kier molecular flexibility index (Phi) is 5.06. The number of benzene rings is 1. The first kappa shape index (κ1) is 17.4. The number of piperazine rings is 1. The predicted molar refractivity (Wildman–Crippen MR) is 92.7 cm³/mol. The highest BCUT2D eigenvalue weighted by molar-refractivity contribution is 6.31. The van der Waals surface area contributed by atoms with Crippen molar-refractivity contribution in [3.63, 3.8) is 0 Å². The fourth-order valence-corrected chi connectivity index (χ4v) is 3.31. The Balaban J connectivity index is 1.62. The molecule has 1 unspecified atom stereocenters. The van der Waals surface area contributed by atoms with Gasteiger partial charge in [-0.3, -0.25) is 19.8 Å². The van der Waals surface area contributed by atoms with E-state index in [1.807, 2.05) is 24.3 Å². The third kappa shape index (κ3) is 3.67. The van der Waals surface area contributed by atoms with Gasteiger partial charge in [-0.1, -0.05) is 29.8 Å². The average Bonchev–Trinajstić information content (AvgIpc) is 3.11. The van der Waals surface area contributed by atoms with Gasteiger partial charge in [0.25, 0.3) is 5.91 Å². The van der Waals surface area contributed by atoms with Crippen LogP contribution in [0.15, 0.2) is 40.8 Å². The first-order valence-corrected chi connectivity index (χ1v) is 8.37. The minimum Gasteiger partial charge on any atom is -0.395 e. The van der Waals surface area contributed by atoms with Gasteiger partial charge >= 0.3 is 5.88 Å². The quantitative estimate of drug-likeness (QED) is 0.614. The van der Waals surface area contributed by atoms with Gasteiger partial charge < -0.3 is 9.32 Å². The molecule has 7 nitrogen and oxygen atoms in total. The summed E-state index contributed by atoms with van der Waals surface area (Å²) in [6.45, 7) is 4.54. The zero-order valence-corrected chi connectivity index (χ0v) is 14.5. The van der Waals surface area contributed by atoms with Crippen molar-refractivity contribution >= 4 is 23.4 Å². The highest BCUT2D eigenvalue weighted by Crippen LogP contribution is 2.28. The Morgan fingerprint density at radius 2 is 1.88 bits per heavy atom. The molecule has 1 atom stereocenters. The lowest BCUT2D eigenvalue weighted by molar-refractivity contribution is -0.402. The van der Waals surface area contributed by atoms with Crippen molar-refractivity contribution < 1.29 is 14.1 Å². The van der Waals surface area contributed by atoms with E-state index in [4.69, 9.17) is 16.0 Å². The maximum atomic E-state index is 12.4. The van der Waals surface area contributed by atoms with Crippen molar-refractivity contribution in [2.45, 2.75) is 13.0 Å². The molecule has 1 amide bonds. The van der Waals surface area contributed by atoms with Gasteiger partial charge in [0.05, 0.1) is 6.07 Å². The van der Waals surface area contributed by atoms with Gasteiger partial charge in [-0.05, 0) is 24.6 Å². The molecule has 0 saturated carbocycles. The highest BCUT2D eigenvalue weighted by atomic mass is 35.5.